The number of thioether (sulfide) groups is 4. The number of allylic oxidation sites excluding steroid dienone is 1. The molecular weight excluding hydrogens is 1700 g/mol. The van der Waals surface area contributed by atoms with Crippen molar-refractivity contribution in [1.82, 2.24) is 9.80 Å². The molecule has 4 fully saturated rings. The Bertz CT molecular complexity index is 5650. The number of halogens is 1. The van der Waals surface area contributed by atoms with Crippen LogP contribution in [0.15, 0.2) is 277 Å². The third kappa shape index (κ3) is 22.6. The highest BCUT2D eigenvalue weighted by Crippen LogP contribution is 2.43. The molecule has 0 bridgehead atoms. The Morgan fingerprint density at radius 3 is 1.37 bits per heavy atom. The Labute approximate surface area is 720 Å². The van der Waals surface area contributed by atoms with Gasteiger partial charge in [-0.15, -0.1) is 6.58 Å². The molecule has 4 amide bonds. The number of benzene rings is 10. The molecule has 119 heavy (non-hydrogen) atoms. The largest absolute Gasteiger partial charge is 0.508 e. The van der Waals surface area contributed by atoms with Crippen molar-refractivity contribution in [2.75, 3.05) is 65.5 Å². The highest BCUT2D eigenvalue weighted by atomic mass is 127. The fourth-order valence-electron chi connectivity index (χ4n) is 11.6. The van der Waals surface area contributed by atoms with Gasteiger partial charge in [0, 0.05) is 19.2 Å². The number of hydrogen-bond donors (Lipinski definition) is 3. The fourth-order valence-corrected chi connectivity index (χ4v) is 16.2. The van der Waals surface area contributed by atoms with Crippen LogP contribution in [0, 0.1) is 17.4 Å². The summed E-state index contributed by atoms with van der Waals surface area (Å²) in [5, 5.41) is 32.2. The maximum Gasteiger partial charge on any atom is 0.337 e. The zero-order valence-electron chi connectivity index (χ0n) is 66.5. The molecule has 606 valence electrons. The van der Waals surface area contributed by atoms with Crippen molar-refractivity contribution in [3.05, 3.63) is 305 Å². The molecule has 10 aromatic rings. The van der Waals surface area contributed by atoms with Crippen molar-refractivity contribution < 1.29 is 67.7 Å². The quantitative estimate of drug-likeness (QED) is 0.0277. The third-order valence-corrected chi connectivity index (χ3v) is 22.6. The Hall–Kier alpha value is -12.5. The van der Waals surface area contributed by atoms with E-state index in [1.54, 1.807) is 146 Å². The van der Waals surface area contributed by atoms with Crippen LogP contribution in [0.5, 0.6) is 46.0 Å². The van der Waals surface area contributed by atoms with Crippen LogP contribution < -0.4 is 33.5 Å². The number of amides is 4. The van der Waals surface area contributed by atoms with Crippen LogP contribution in [0.25, 0.3) is 24.3 Å². The van der Waals surface area contributed by atoms with E-state index in [1.807, 2.05) is 202 Å². The number of carbonyl (C=O) groups is 5. The summed E-state index contributed by atoms with van der Waals surface area (Å²) in [6, 6.07) is 68.0. The molecule has 0 aliphatic carbocycles. The second kappa shape index (κ2) is 41.5. The first-order valence-corrected chi connectivity index (χ1v) is 41.3. The second-order valence-electron chi connectivity index (χ2n) is 26.0. The first kappa shape index (κ1) is 87.3. The van der Waals surface area contributed by atoms with Gasteiger partial charge in [0.2, 0.25) is 0 Å². The fraction of sp³-hybridized carbons (Fsp3) is 0.141. The van der Waals surface area contributed by atoms with Crippen molar-refractivity contribution in [2.24, 2.45) is 20.0 Å². The van der Waals surface area contributed by atoms with Crippen LogP contribution in [0.3, 0.4) is 0 Å². The van der Waals surface area contributed by atoms with E-state index in [0.29, 0.717) is 109 Å². The van der Waals surface area contributed by atoms with E-state index in [1.165, 1.54) is 71.7 Å². The number of anilines is 2. The van der Waals surface area contributed by atoms with Gasteiger partial charge in [-0.05, 0) is 308 Å². The Morgan fingerprint density at radius 1 is 0.454 bits per heavy atom. The topological polar surface area (TPSA) is 264 Å². The zero-order chi connectivity index (χ0) is 84.8. The Balaban J connectivity index is 0.000000156. The minimum absolute atomic E-state index is 0.0748. The highest BCUT2D eigenvalue weighted by molar-refractivity contribution is 14.1. The van der Waals surface area contributed by atoms with Gasteiger partial charge in [0.25, 0.3) is 23.6 Å². The number of amidine groups is 4. The van der Waals surface area contributed by atoms with E-state index in [4.69, 9.17) is 38.4 Å². The van der Waals surface area contributed by atoms with Crippen molar-refractivity contribution in [1.29, 1.82) is 0 Å². The number of methoxy groups -OCH3 is 5. The molecule has 22 nitrogen and oxygen atoms in total. The first-order valence-electron chi connectivity index (χ1n) is 37.0. The molecule has 14 rings (SSSR count). The average Bonchev–Trinajstić information content (AvgIpc) is 1.67. The number of aryl methyl sites for hydroxylation is 2. The molecule has 4 aliphatic rings. The van der Waals surface area contributed by atoms with Gasteiger partial charge in [-0.2, -0.15) is 0 Å². The number of phenolic OH excluding ortho intramolecular Hbond substituents is 3. The molecule has 4 heterocycles. The number of phenols is 3. The van der Waals surface area contributed by atoms with Crippen LogP contribution in [-0.2, 0) is 30.3 Å². The van der Waals surface area contributed by atoms with Gasteiger partial charge in [0.05, 0.1) is 105 Å². The molecule has 0 atom stereocenters. The number of hydrogen-bond acceptors (Lipinski definition) is 22. The highest BCUT2D eigenvalue weighted by Gasteiger charge is 2.38. The van der Waals surface area contributed by atoms with E-state index in [0.717, 1.165) is 56.4 Å². The summed E-state index contributed by atoms with van der Waals surface area (Å²) < 4.78 is 31.7. The molecule has 27 heteroatoms. The maximum atomic E-state index is 13.3. The van der Waals surface area contributed by atoms with Crippen LogP contribution in [0.1, 0.15) is 63.1 Å². The number of aliphatic imine (C=N–C) groups is 4. The smallest absolute Gasteiger partial charge is 0.337 e. The number of esters is 1. The van der Waals surface area contributed by atoms with Gasteiger partial charge in [-0.25, -0.2) is 24.8 Å². The minimum Gasteiger partial charge on any atom is -0.508 e. The van der Waals surface area contributed by atoms with Gasteiger partial charge in [-0.3, -0.25) is 38.8 Å². The molecule has 0 spiro atoms. The molecule has 3 N–H and O–H groups in total. The van der Waals surface area contributed by atoms with Crippen molar-refractivity contribution >= 4 is 178 Å². The number of carbonyl (C=O) groups excluding carboxylic acids is 5. The number of aromatic hydroxyl groups is 3. The molecule has 0 aromatic heterocycles. The lowest BCUT2D eigenvalue weighted by Crippen LogP contribution is -2.28. The van der Waals surface area contributed by atoms with Crippen LogP contribution >= 0.6 is 69.6 Å². The number of nitrogens with zero attached hydrogens (tertiary/aromatic N) is 8. The second-order valence-corrected chi connectivity index (χ2v) is 31.2. The molecule has 0 unspecified atom stereocenters. The number of para-hydroxylation sites is 1. The summed E-state index contributed by atoms with van der Waals surface area (Å²) in [4.78, 5) is 90.9. The molecule has 10 aromatic carbocycles. The monoisotopic (exact) mass is 1780 g/mol. The predicted octanol–water partition coefficient (Wildman–Crippen LogP) is 20.5. The van der Waals surface area contributed by atoms with Gasteiger partial charge in [0.15, 0.2) is 43.7 Å². The van der Waals surface area contributed by atoms with Gasteiger partial charge in [0.1, 0.15) is 23.0 Å². The minimum atomic E-state index is -0.423. The van der Waals surface area contributed by atoms with Gasteiger partial charge in [-0.1, -0.05) is 83.9 Å². The van der Waals surface area contributed by atoms with Crippen molar-refractivity contribution in [2.45, 2.75) is 34.1 Å². The standard InChI is InChI=1S/C25H22N2O2S.C24H24N2O5S.C24H20N2O4S.C19H17IN2O3S/c1-17-4-10-20(11-5-17)26-25-27(21-12-6-18(2)7-13-21)24(28)23(30-25)16-19-8-14-22(29-3)15-9-19;1-5-7-17-12-15(13-19(21(17)27)31-6-2)14-20-22(28)26(3)24(32-20)25-18-10-8-16(9-11-18)23(29)30-4;1-29-20-11-5-17(6-12-20)25-24-26(18-7-13-21(30-2)14-8-18)23(28)22(31-24)15-16-3-9-19(27)10-4-16;1-3-22-18(24)16(26-19(22)21-13-7-5-4-6-8-13)11-12-9-14(20)17(23)15(10-12)25-2/h4-16H,1-3H3;5,8-14,27H,1,6-7H2,2-4H3;3-15,27H,1-2H3;4-11,23H,3H2,1-2H3/b23-16-,26-25?;20-14+,25-24?;;. The van der Waals surface area contributed by atoms with E-state index in [9.17, 15) is 39.3 Å². The summed E-state index contributed by atoms with van der Waals surface area (Å²) in [6.45, 7) is 12.5. The average molecular weight is 1780 g/mol. The number of ether oxygens (including phenoxy) is 6. The molecule has 0 radical (unpaired) electrons. The van der Waals surface area contributed by atoms with Crippen molar-refractivity contribution in [3.8, 4) is 46.0 Å². The molecular formula is C92H83IN8O14S4. The Kier molecular flexibility index (Phi) is 30.5. The zero-order valence-corrected chi connectivity index (χ0v) is 71.9. The van der Waals surface area contributed by atoms with E-state index >= 15 is 0 Å². The first-order chi connectivity index (χ1) is 57.5. The summed E-state index contributed by atoms with van der Waals surface area (Å²) in [5.74, 6) is 2.39. The van der Waals surface area contributed by atoms with Crippen LogP contribution in [0.2, 0.25) is 0 Å². The van der Waals surface area contributed by atoms with E-state index < -0.39 is 5.97 Å². The summed E-state index contributed by atoms with van der Waals surface area (Å²) in [7, 11) is 9.33. The third-order valence-electron chi connectivity index (χ3n) is 17.8. The molecule has 4 saturated heterocycles. The van der Waals surface area contributed by atoms with Crippen LogP contribution in [-0.4, -0.2) is 131 Å². The lowest BCUT2D eigenvalue weighted by atomic mass is 10.1. The maximum absolute atomic E-state index is 13.3. The molecule has 0 saturated carbocycles. The lowest BCUT2D eigenvalue weighted by molar-refractivity contribution is -0.122. The SMILES string of the molecule is C=CCc1cc(/C=C2/SC(=Nc3ccc(C(=O)OC)cc3)N(C)C2=O)cc(OCC)c1O.CCN1C(=O)C(=Cc2cc(I)c(O)c(OC)c2)SC1=Nc1ccccc1.COc1ccc(/C=C2\SC(=Nc3ccc(C)cc3)N(c3ccc(C)cc3)C2=O)cc1.COc1ccc(N=C2SC(=Cc3ccc(O)cc3)C(=O)N2c2ccc(OC)cc2)cc1. The number of likely N-dealkylation sites (N-methyl/N-ethyl adjacent to an activating group) is 2. The van der Waals surface area contributed by atoms with Gasteiger partial charge >= 0.3 is 5.97 Å². The van der Waals surface area contributed by atoms with Gasteiger partial charge < -0.3 is 43.7 Å². The van der Waals surface area contributed by atoms with E-state index in [-0.39, 0.29) is 40.9 Å². The summed E-state index contributed by atoms with van der Waals surface area (Å²) in [6.07, 6.45) is 9.40. The van der Waals surface area contributed by atoms with Crippen LogP contribution in [0.4, 0.5) is 34.1 Å². The lowest BCUT2D eigenvalue weighted by Gasteiger charge is -2.16. The number of rotatable bonds is 20. The predicted molar refractivity (Wildman–Crippen MR) is 490 cm³/mol. The normalized spacial score (nSPS) is 16.5. The van der Waals surface area contributed by atoms with Crippen molar-refractivity contribution in [3.63, 3.8) is 0 Å². The summed E-state index contributed by atoms with van der Waals surface area (Å²) >= 11 is 7.31. The Morgan fingerprint density at radius 2 is 0.866 bits per heavy atom. The molecule has 4 aliphatic heterocycles. The summed E-state index contributed by atoms with van der Waals surface area (Å²) in [5.41, 5.74) is 11.1. The van der Waals surface area contributed by atoms with E-state index in [2.05, 4.69) is 16.6 Å².